The van der Waals surface area contributed by atoms with Crippen molar-refractivity contribution in [2.24, 2.45) is 0 Å². The van der Waals surface area contributed by atoms with Crippen molar-refractivity contribution in [3.8, 4) is 0 Å². The van der Waals surface area contributed by atoms with Crippen LogP contribution in [-0.2, 0) is 32.6 Å². The fourth-order valence-electron chi connectivity index (χ4n) is 5.56. The number of benzene rings is 4. The van der Waals surface area contributed by atoms with Crippen LogP contribution in [0.15, 0.2) is 125 Å². The van der Waals surface area contributed by atoms with Gasteiger partial charge >= 0.3 is 0 Å². The molecule has 4 aromatic carbocycles. The van der Waals surface area contributed by atoms with E-state index >= 15 is 0 Å². The zero-order chi connectivity index (χ0) is 30.9. The molecule has 0 unspecified atom stereocenters. The fraction of sp³-hybridized carbons (Fsp3) is 0.257. The van der Waals surface area contributed by atoms with Crippen molar-refractivity contribution in [3.05, 3.63) is 131 Å². The maximum atomic E-state index is 14.5. The number of hydrogen-bond donors (Lipinski definition) is 1. The second-order valence-electron chi connectivity index (χ2n) is 11.0. The van der Waals surface area contributed by atoms with Crippen LogP contribution in [0.3, 0.4) is 0 Å². The molecule has 9 heteroatoms. The van der Waals surface area contributed by atoms with E-state index in [9.17, 15) is 18.0 Å². The van der Waals surface area contributed by atoms with E-state index < -0.39 is 28.5 Å². The molecule has 0 heterocycles. The summed E-state index contributed by atoms with van der Waals surface area (Å²) in [4.78, 5) is 30.1. The monoisotopic (exact) mass is 673 g/mol. The number of hydrogen-bond acceptors (Lipinski definition) is 4. The first kappa shape index (κ1) is 31.5. The first-order valence-electron chi connectivity index (χ1n) is 14.8. The quantitative estimate of drug-likeness (QED) is 0.190. The third-order valence-corrected chi connectivity index (χ3v) is 10.2. The highest BCUT2D eigenvalue weighted by Crippen LogP contribution is 2.27. The van der Waals surface area contributed by atoms with Crippen LogP contribution < -0.4 is 9.62 Å². The molecule has 0 radical (unpaired) electrons. The first-order chi connectivity index (χ1) is 21.3. The molecule has 0 aromatic heterocycles. The number of carbonyl (C=O) groups excluding carboxylic acids is 2. The fourth-order valence-corrected chi connectivity index (χ4v) is 7.26. The lowest BCUT2D eigenvalue weighted by molar-refractivity contribution is -0.140. The minimum atomic E-state index is -4.12. The Kier molecular flexibility index (Phi) is 10.5. The highest BCUT2D eigenvalue weighted by molar-refractivity contribution is 9.10. The van der Waals surface area contributed by atoms with Crippen LogP contribution in [0, 0.1) is 0 Å². The van der Waals surface area contributed by atoms with Gasteiger partial charge in [0.15, 0.2) is 0 Å². The van der Waals surface area contributed by atoms with Crippen LogP contribution in [0.25, 0.3) is 0 Å². The van der Waals surface area contributed by atoms with Crippen LogP contribution in [0.5, 0.6) is 0 Å². The normalized spacial score (nSPS) is 14.1. The topological polar surface area (TPSA) is 86.8 Å². The van der Waals surface area contributed by atoms with Gasteiger partial charge in [-0.3, -0.25) is 13.9 Å². The second-order valence-corrected chi connectivity index (χ2v) is 13.8. The molecule has 1 saturated carbocycles. The minimum absolute atomic E-state index is 0.0622. The summed E-state index contributed by atoms with van der Waals surface area (Å²) in [5, 5.41) is 3.20. The van der Waals surface area contributed by atoms with E-state index in [-0.39, 0.29) is 23.4 Å². The van der Waals surface area contributed by atoms with E-state index in [4.69, 9.17) is 0 Å². The summed E-state index contributed by atoms with van der Waals surface area (Å²) in [7, 11) is -4.12. The summed E-state index contributed by atoms with van der Waals surface area (Å²) in [6, 6.07) is 33.2. The van der Waals surface area contributed by atoms with Crippen LogP contribution >= 0.6 is 15.9 Å². The Balaban J connectivity index is 1.54. The third-order valence-electron chi connectivity index (χ3n) is 7.89. The molecule has 2 amide bonds. The zero-order valence-corrected chi connectivity index (χ0v) is 26.8. The molecular formula is C35H36BrN3O4S. The molecule has 5 rings (SSSR count). The Morgan fingerprint density at radius 2 is 1.32 bits per heavy atom. The predicted octanol–water partition coefficient (Wildman–Crippen LogP) is 6.34. The Hall–Kier alpha value is -3.95. The van der Waals surface area contributed by atoms with E-state index in [0.29, 0.717) is 12.1 Å². The molecule has 0 aliphatic heterocycles. The Morgan fingerprint density at radius 1 is 0.773 bits per heavy atom. The number of nitrogens with one attached hydrogen (secondary N) is 1. The van der Waals surface area contributed by atoms with E-state index in [1.165, 1.54) is 12.1 Å². The summed E-state index contributed by atoms with van der Waals surface area (Å²) in [5.74, 6) is -0.704. The first-order valence-corrected chi connectivity index (χ1v) is 17.1. The standard InChI is InChI=1S/C35H36BrN3O4S/c36-29-20-22-31(23-21-29)39(44(42,43)32-18-8-3-9-19-32)26-34(40)38(25-28-14-6-2-7-15-28)33(24-27-12-4-1-5-13-27)35(41)37-30-16-10-11-17-30/h1-9,12-15,18-23,30,33H,10-11,16-17,24-26H2,(H,37,41)/t33-/m1/s1. The number of carbonyl (C=O) groups is 2. The zero-order valence-electron chi connectivity index (χ0n) is 24.4. The molecule has 4 aromatic rings. The van der Waals surface area contributed by atoms with Gasteiger partial charge in [0.05, 0.1) is 10.6 Å². The highest BCUT2D eigenvalue weighted by atomic mass is 79.9. The molecule has 1 aliphatic rings. The number of nitrogens with zero attached hydrogens (tertiary/aromatic N) is 2. The molecule has 1 N–H and O–H groups in total. The van der Waals surface area contributed by atoms with Crippen molar-refractivity contribution < 1.29 is 18.0 Å². The second kappa shape index (κ2) is 14.7. The lowest BCUT2D eigenvalue weighted by atomic mass is 10.0. The van der Waals surface area contributed by atoms with Crippen molar-refractivity contribution in [1.82, 2.24) is 10.2 Å². The summed E-state index contributed by atoms with van der Waals surface area (Å²) < 4.78 is 30.0. The van der Waals surface area contributed by atoms with Crippen molar-refractivity contribution in [1.29, 1.82) is 0 Å². The van der Waals surface area contributed by atoms with Gasteiger partial charge in [-0.15, -0.1) is 0 Å². The largest absolute Gasteiger partial charge is 0.352 e. The van der Waals surface area contributed by atoms with Crippen molar-refractivity contribution in [2.75, 3.05) is 10.8 Å². The van der Waals surface area contributed by atoms with Crippen molar-refractivity contribution >= 4 is 43.5 Å². The van der Waals surface area contributed by atoms with Crippen LogP contribution in [0.4, 0.5) is 5.69 Å². The average Bonchev–Trinajstić information content (AvgIpc) is 3.56. The van der Waals surface area contributed by atoms with Gasteiger partial charge in [0.2, 0.25) is 11.8 Å². The molecule has 1 atom stereocenters. The molecule has 0 spiro atoms. The van der Waals surface area contributed by atoms with Gasteiger partial charge in [-0.2, -0.15) is 0 Å². The number of anilines is 1. The molecule has 228 valence electrons. The Morgan fingerprint density at radius 3 is 1.91 bits per heavy atom. The van der Waals surface area contributed by atoms with Crippen LogP contribution in [0.1, 0.15) is 36.8 Å². The predicted molar refractivity (Wildman–Crippen MR) is 176 cm³/mol. The Labute approximate surface area is 268 Å². The maximum Gasteiger partial charge on any atom is 0.264 e. The molecular weight excluding hydrogens is 638 g/mol. The summed E-state index contributed by atoms with van der Waals surface area (Å²) in [5.41, 5.74) is 2.10. The molecule has 0 saturated heterocycles. The van der Waals surface area contributed by atoms with Crippen molar-refractivity contribution in [2.45, 2.75) is 55.6 Å². The highest BCUT2D eigenvalue weighted by Gasteiger charge is 2.35. The van der Waals surface area contributed by atoms with Gasteiger partial charge in [-0.25, -0.2) is 8.42 Å². The van der Waals surface area contributed by atoms with Crippen LogP contribution in [-0.4, -0.2) is 43.8 Å². The third kappa shape index (κ3) is 7.95. The van der Waals surface area contributed by atoms with E-state index in [2.05, 4.69) is 21.2 Å². The SMILES string of the molecule is O=C(NC1CCCC1)[C@@H](Cc1ccccc1)N(Cc1ccccc1)C(=O)CN(c1ccc(Br)cc1)S(=O)(=O)c1ccccc1. The maximum absolute atomic E-state index is 14.5. The molecule has 1 aliphatic carbocycles. The summed E-state index contributed by atoms with van der Waals surface area (Å²) >= 11 is 3.42. The van der Waals surface area contributed by atoms with Crippen molar-refractivity contribution in [3.63, 3.8) is 0 Å². The Bertz CT molecular complexity index is 1630. The number of halogens is 1. The lowest BCUT2D eigenvalue weighted by Crippen LogP contribution is -2.54. The average molecular weight is 675 g/mol. The summed E-state index contributed by atoms with van der Waals surface area (Å²) in [6.07, 6.45) is 4.22. The van der Waals surface area contributed by atoms with E-state index in [1.54, 1.807) is 47.4 Å². The summed E-state index contributed by atoms with van der Waals surface area (Å²) in [6.45, 7) is -0.331. The lowest BCUT2D eigenvalue weighted by Gasteiger charge is -2.34. The van der Waals surface area contributed by atoms with Gasteiger partial charge in [-0.1, -0.05) is 108 Å². The van der Waals surface area contributed by atoms with Gasteiger partial charge in [0.1, 0.15) is 12.6 Å². The molecule has 0 bridgehead atoms. The molecule has 44 heavy (non-hydrogen) atoms. The van der Waals surface area contributed by atoms with E-state index in [1.807, 2.05) is 60.7 Å². The van der Waals surface area contributed by atoms with Gasteiger partial charge in [-0.05, 0) is 60.4 Å². The van der Waals surface area contributed by atoms with Crippen LogP contribution in [0.2, 0.25) is 0 Å². The van der Waals surface area contributed by atoms with Gasteiger partial charge in [0.25, 0.3) is 10.0 Å². The molecule has 7 nitrogen and oxygen atoms in total. The van der Waals surface area contributed by atoms with Gasteiger partial charge < -0.3 is 10.2 Å². The molecule has 1 fully saturated rings. The number of amides is 2. The minimum Gasteiger partial charge on any atom is -0.352 e. The number of rotatable bonds is 12. The van der Waals surface area contributed by atoms with Gasteiger partial charge in [0, 0.05) is 23.5 Å². The smallest absolute Gasteiger partial charge is 0.264 e. The number of sulfonamides is 1. The van der Waals surface area contributed by atoms with E-state index in [0.717, 1.165) is 45.6 Å².